The van der Waals surface area contributed by atoms with E-state index in [1.807, 2.05) is 29.2 Å². The Bertz CT molecular complexity index is 401. The molecule has 1 aromatic carbocycles. The second-order valence-corrected chi connectivity index (χ2v) is 4.35. The van der Waals surface area contributed by atoms with Crippen molar-refractivity contribution in [1.29, 1.82) is 0 Å². The van der Waals surface area contributed by atoms with Crippen LogP contribution in [0.15, 0.2) is 36.9 Å². The summed E-state index contributed by atoms with van der Waals surface area (Å²) in [4.78, 5) is 13.7. The highest BCUT2D eigenvalue weighted by molar-refractivity contribution is 5.92. The molecule has 2 N–H and O–H groups in total. The molecular weight excluding hydrogens is 240 g/mol. The molecule has 1 aromatic rings. The van der Waals surface area contributed by atoms with Crippen molar-refractivity contribution in [3.63, 3.8) is 0 Å². The molecule has 4 nitrogen and oxygen atoms in total. The van der Waals surface area contributed by atoms with Crippen LogP contribution in [0.3, 0.4) is 0 Å². The van der Waals surface area contributed by atoms with E-state index in [0.717, 1.165) is 12.1 Å². The van der Waals surface area contributed by atoms with Gasteiger partial charge in [-0.3, -0.25) is 9.69 Å². The molecule has 0 aliphatic rings. The number of anilines is 1. The number of aliphatic hydroxyl groups is 1. The zero-order valence-corrected chi connectivity index (χ0v) is 11.4. The first-order chi connectivity index (χ1) is 9.19. The van der Waals surface area contributed by atoms with Crippen molar-refractivity contribution in [2.75, 3.05) is 31.6 Å². The van der Waals surface area contributed by atoms with Crippen LogP contribution in [0.2, 0.25) is 0 Å². The lowest BCUT2D eigenvalue weighted by molar-refractivity contribution is -0.117. The van der Waals surface area contributed by atoms with Gasteiger partial charge < -0.3 is 10.4 Å². The van der Waals surface area contributed by atoms with Gasteiger partial charge >= 0.3 is 0 Å². The van der Waals surface area contributed by atoms with Crippen molar-refractivity contribution in [2.24, 2.45) is 0 Å². The van der Waals surface area contributed by atoms with Crippen molar-refractivity contribution in [3.8, 4) is 0 Å². The lowest BCUT2D eigenvalue weighted by atomic mass is 10.1. The Kier molecular flexibility index (Phi) is 6.85. The molecule has 1 rings (SSSR count). The van der Waals surface area contributed by atoms with Gasteiger partial charge in [0.2, 0.25) is 5.91 Å². The number of benzene rings is 1. The number of rotatable bonds is 8. The summed E-state index contributed by atoms with van der Waals surface area (Å²) in [6.07, 6.45) is 2.71. The first-order valence-corrected chi connectivity index (χ1v) is 6.52. The number of amides is 1. The Morgan fingerprint density at radius 2 is 2.11 bits per heavy atom. The third-order valence-corrected chi connectivity index (χ3v) is 2.82. The molecular formula is C15H22N2O2. The predicted octanol–water partition coefficient (Wildman–Crippen LogP) is 1.67. The molecule has 0 radical (unpaired) electrons. The van der Waals surface area contributed by atoms with Crippen LogP contribution < -0.4 is 5.32 Å². The fourth-order valence-corrected chi connectivity index (χ4v) is 1.79. The summed E-state index contributed by atoms with van der Waals surface area (Å²) in [5.41, 5.74) is 2.04. The summed E-state index contributed by atoms with van der Waals surface area (Å²) in [6, 6.07) is 7.82. The molecule has 0 heterocycles. The summed E-state index contributed by atoms with van der Waals surface area (Å²) < 4.78 is 0. The van der Waals surface area contributed by atoms with Gasteiger partial charge in [-0.25, -0.2) is 0 Å². The summed E-state index contributed by atoms with van der Waals surface area (Å²) in [6.45, 7) is 7.07. The molecule has 0 spiro atoms. The van der Waals surface area contributed by atoms with E-state index in [1.54, 1.807) is 6.08 Å². The van der Waals surface area contributed by atoms with Crippen molar-refractivity contribution < 1.29 is 9.90 Å². The summed E-state index contributed by atoms with van der Waals surface area (Å²) >= 11 is 0. The fourth-order valence-electron chi connectivity index (χ4n) is 1.79. The second kappa shape index (κ2) is 8.45. The van der Waals surface area contributed by atoms with Crippen molar-refractivity contribution in [3.05, 3.63) is 42.5 Å². The van der Waals surface area contributed by atoms with E-state index in [-0.39, 0.29) is 19.1 Å². The van der Waals surface area contributed by atoms with Crippen molar-refractivity contribution in [1.82, 2.24) is 4.90 Å². The maximum absolute atomic E-state index is 11.9. The minimum absolute atomic E-state index is 0.0340. The SMILES string of the molecule is C=CCN(CCO)CC(=O)Nc1ccc(CC)cc1. The number of hydrogen-bond acceptors (Lipinski definition) is 3. The van der Waals surface area contributed by atoms with Crippen molar-refractivity contribution >= 4 is 11.6 Å². The van der Waals surface area contributed by atoms with Gasteiger partial charge in [-0.05, 0) is 24.1 Å². The van der Waals surface area contributed by atoms with Crippen LogP contribution in [0, 0.1) is 0 Å². The van der Waals surface area contributed by atoms with Gasteiger partial charge in [0.1, 0.15) is 0 Å². The van der Waals surface area contributed by atoms with Gasteiger partial charge in [-0.2, -0.15) is 0 Å². The Balaban J connectivity index is 2.50. The van der Waals surface area contributed by atoms with Crippen LogP contribution in [-0.4, -0.2) is 42.2 Å². The third kappa shape index (κ3) is 5.68. The highest BCUT2D eigenvalue weighted by Gasteiger charge is 2.09. The van der Waals surface area contributed by atoms with E-state index in [4.69, 9.17) is 5.11 Å². The molecule has 1 amide bonds. The van der Waals surface area contributed by atoms with E-state index in [9.17, 15) is 4.79 Å². The molecule has 0 bridgehead atoms. The molecule has 0 aromatic heterocycles. The van der Waals surface area contributed by atoms with Crippen LogP contribution in [0.1, 0.15) is 12.5 Å². The smallest absolute Gasteiger partial charge is 0.238 e. The summed E-state index contributed by atoms with van der Waals surface area (Å²) in [5, 5.41) is 11.8. The van der Waals surface area contributed by atoms with Crippen LogP contribution in [0.5, 0.6) is 0 Å². The molecule has 0 aliphatic heterocycles. The number of nitrogens with zero attached hydrogens (tertiary/aromatic N) is 1. The topological polar surface area (TPSA) is 52.6 Å². The number of aryl methyl sites for hydroxylation is 1. The third-order valence-electron chi connectivity index (χ3n) is 2.82. The minimum atomic E-state index is -0.0838. The molecule has 104 valence electrons. The van der Waals surface area contributed by atoms with Crippen molar-refractivity contribution in [2.45, 2.75) is 13.3 Å². The average molecular weight is 262 g/mol. The van der Waals surface area contributed by atoms with Gasteiger partial charge in [0.25, 0.3) is 0 Å². The maximum atomic E-state index is 11.9. The molecule has 0 saturated heterocycles. The quantitative estimate of drug-likeness (QED) is 0.701. The normalized spacial score (nSPS) is 10.5. The first-order valence-electron chi connectivity index (χ1n) is 6.52. The number of carbonyl (C=O) groups is 1. The molecule has 0 saturated carbocycles. The summed E-state index contributed by atoms with van der Waals surface area (Å²) in [5.74, 6) is -0.0838. The van der Waals surface area contributed by atoms with E-state index in [2.05, 4.69) is 18.8 Å². The second-order valence-electron chi connectivity index (χ2n) is 4.35. The number of carbonyl (C=O) groups excluding carboxylic acids is 1. The van der Waals surface area contributed by atoms with E-state index in [0.29, 0.717) is 13.1 Å². The monoisotopic (exact) mass is 262 g/mol. The van der Waals surface area contributed by atoms with Gasteiger partial charge in [0.05, 0.1) is 13.2 Å². The standard InChI is InChI=1S/C15H22N2O2/c1-3-9-17(10-11-18)12-15(19)16-14-7-5-13(4-2)6-8-14/h3,5-8,18H,1,4,9-12H2,2H3,(H,16,19). The van der Waals surface area contributed by atoms with E-state index >= 15 is 0 Å². The van der Waals surface area contributed by atoms with Gasteiger partial charge in [0.15, 0.2) is 0 Å². The first kappa shape index (κ1) is 15.4. The lowest BCUT2D eigenvalue weighted by Crippen LogP contribution is -2.35. The molecule has 0 atom stereocenters. The largest absolute Gasteiger partial charge is 0.395 e. The Morgan fingerprint density at radius 1 is 1.42 bits per heavy atom. The zero-order chi connectivity index (χ0) is 14.1. The highest BCUT2D eigenvalue weighted by Crippen LogP contribution is 2.09. The Hall–Kier alpha value is -1.65. The summed E-state index contributed by atoms with van der Waals surface area (Å²) in [7, 11) is 0. The molecule has 19 heavy (non-hydrogen) atoms. The lowest BCUT2D eigenvalue weighted by Gasteiger charge is -2.18. The number of hydrogen-bond donors (Lipinski definition) is 2. The van der Waals surface area contributed by atoms with Crippen LogP contribution in [0.25, 0.3) is 0 Å². The number of aliphatic hydroxyl groups excluding tert-OH is 1. The van der Waals surface area contributed by atoms with Crippen LogP contribution in [0.4, 0.5) is 5.69 Å². The molecule has 0 aliphatic carbocycles. The van der Waals surface area contributed by atoms with E-state index < -0.39 is 0 Å². The molecule has 4 heteroatoms. The highest BCUT2D eigenvalue weighted by atomic mass is 16.3. The molecule has 0 fully saturated rings. The molecule has 0 unspecified atom stereocenters. The van der Waals surface area contributed by atoms with Gasteiger partial charge in [-0.15, -0.1) is 6.58 Å². The van der Waals surface area contributed by atoms with E-state index in [1.165, 1.54) is 5.56 Å². The predicted molar refractivity (Wildman–Crippen MR) is 78.2 cm³/mol. The average Bonchev–Trinajstić information content (AvgIpc) is 2.40. The Morgan fingerprint density at radius 3 is 2.63 bits per heavy atom. The van der Waals surface area contributed by atoms with Gasteiger partial charge in [-0.1, -0.05) is 25.1 Å². The Labute approximate surface area is 114 Å². The number of nitrogens with one attached hydrogen (secondary N) is 1. The zero-order valence-electron chi connectivity index (χ0n) is 11.4. The maximum Gasteiger partial charge on any atom is 0.238 e. The minimum Gasteiger partial charge on any atom is -0.395 e. The van der Waals surface area contributed by atoms with Crippen LogP contribution >= 0.6 is 0 Å². The fraction of sp³-hybridized carbons (Fsp3) is 0.400. The van der Waals surface area contributed by atoms with Crippen LogP contribution in [-0.2, 0) is 11.2 Å². The van der Waals surface area contributed by atoms with Gasteiger partial charge in [0, 0.05) is 18.8 Å².